The van der Waals surface area contributed by atoms with Gasteiger partial charge >= 0.3 is 5.97 Å². The average molecular weight is 249 g/mol. The highest BCUT2D eigenvalue weighted by molar-refractivity contribution is 7.89. The average Bonchev–Trinajstić information content (AvgIpc) is 2.67. The fourth-order valence-corrected chi connectivity index (χ4v) is 4.57. The van der Waals surface area contributed by atoms with Crippen LogP contribution in [0.25, 0.3) is 0 Å². The lowest BCUT2D eigenvalue weighted by molar-refractivity contribution is -0.141. The zero-order valence-corrected chi connectivity index (χ0v) is 10.5. The highest BCUT2D eigenvalue weighted by Gasteiger charge is 2.43. The maximum atomic E-state index is 12.2. The smallest absolute Gasteiger partial charge is 0.307 e. The third kappa shape index (κ3) is 2.38. The van der Waals surface area contributed by atoms with Crippen molar-refractivity contribution >= 4 is 16.0 Å². The lowest BCUT2D eigenvalue weighted by Crippen LogP contribution is -2.42. The summed E-state index contributed by atoms with van der Waals surface area (Å²) in [6.45, 7) is 4.35. The van der Waals surface area contributed by atoms with Crippen molar-refractivity contribution < 1.29 is 18.3 Å². The molecule has 0 saturated heterocycles. The van der Waals surface area contributed by atoms with Crippen LogP contribution in [0, 0.1) is 5.92 Å². The van der Waals surface area contributed by atoms with E-state index in [0.717, 1.165) is 0 Å². The van der Waals surface area contributed by atoms with Crippen LogP contribution in [-0.2, 0) is 14.8 Å². The van der Waals surface area contributed by atoms with E-state index < -0.39 is 27.2 Å². The number of rotatable bonds is 5. The van der Waals surface area contributed by atoms with Gasteiger partial charge in [0.05, 0.1) is 11.2 Å². The fourth-order valence-electron chi connectivity index (χ4n) is 2.34. The van der Waals surface area contributed by atoms with Crippen LogP contribution in [0.2, 0.25) is 0 Å². The van der Waals surface area contributed by atoms with E-state index >= 15 is 0 Å². The molecule has 1 aliphatic rings. The first-order valence-corrected chi connectivity index (χ1v) is 7.17. The van der Waals surface area contributed by atoms with Gasteiger partial charge in [0.15, 0.2) is 0 Å². The van der Waals surface area contributed by atoms with E-state index in [1.54, 1.807) is 13.8 Å². The highest BCUT2D eigenvalue weighted by atomic mass is 32.2. The van der Waals surface area contributed by atoms with E-state index in [2.05, 4.69) is 0 Å². The zero-order chi connectivity index (χ0) is 12.3. The molecule has 94 valence electrons. The molecule has 1 fully saturated rings. The van der Waals surface area contributed by atoms with Gasteiger partial charge in [-0.25, -0.2) is 12.7 Å². The summed E-state index contributed by atoms with van der Waals surface area (Å²) in [5.74, 6) is -1.72. The quantitative estimate of drug-likeness (QED) is 0.786. The first-order valence-electron chi connectivity index (χ1n) is 5.66. The van der Waals surface area contributed by atoms with E-state index in [-0.39, 0.29) is 0 Å². The third-order valence-corrected chi connectivity index (χ3v) is 5.78. The Bertz CT molecular complexity index is 348. The molecule has 0 heterocycles. The molecule has 0 bridgehead atoms. The number of carboxylic acid groups (broad SMARTS) is 1. The van der Waals surface area contributed by atoms with Gasteiger partial charge in [-0.15, -0.1) is 0 Å². The molecular formula is C10H19NO4S. The molecule has 1 rings (SSSR count). The molecular weight excluding hydrogens is 230 g/mol. The Morgan fingerprint density at radius 1 is 1.31 bits per heavy atom. The minimum Gasteiger partial charge on any atom is -0.481 e. The van der Waals surface area contributed by atoms with Crippen LogP contribution in [0.3, 0.4) is 0 Å². The Labute approximate surface area is 96.5 Å². The Balaban J connectivity index is 2.94. The molecule has 0 aromatic carbocycles. The molecule has 16 heavy (non-hydrogen) atoms. The van der Waals surface area contributed by atoms with Crippen molar-refractivity contribution in [2.24, 2.45) is 5.92 Å². The number of aliphatic carboxylic acids is 1. The van der Waals surface area contributed by atoms with Crippen molar-refractivity contribution in [2.45, 2.75) is 38.4 Å². The van der Waals surface area contributed by atoms with Crippen molar-refractivity contribution in [3.63, 3.8) is 0 Å². The molecule has 1 saturated carbocycles. The van der Waals surface area contributed by atoms with Crippen molar-refractivity contribution in [3.8, 4) is 0 Å². The second kappa shape index (κ2) is 5.14. The molecule has 2 atom stereocenters. The van der Waals surface area contributed by atoms with Crippen LogP contribution >= 0.6 is 0 Å². The van der Waals surface area contributed by atoms with E-state index in [1.165, 1.54) is 4.31 Å². The normalized spacial score (nSPS) is 26.2. The topological polar surface area (TPSA) is 74.7 Å². The number of nitrogens with zero attached hydrogens (tertiary/aromatic N) is 1. The predicted octanol–water partition coefficient (Wildman–Crippen LogP) is 0.911. The molecule has 0 radical (unpaired) electrons. The van der Waals surface area contributed by atoms with Gasteiger partial charge in [0.1, 0.15) is 0 Å². The van der Waals surface area contributed by atoms with Gasteiger partial charge in [-0.05, 0) is 12.8 Å². The number of carbonyl (C=O) groups is 1. The van der Waals surface area contributed by atoms with E-state index in [0.29, 0.717) is 32.4 Å². The summed E-state index contributed by atoms with van der Waals surface area (Å²) in [5, 5.41) is 8.26. The Kier molecular flexibility index (Phi) is 4.32. The zero-order valence-electron chi connectivity index (χ0n) is 9.72. The third-order valence-electron chi connectivity index (χ3n) is 3.22. The predicted molar refractivity (Wildman–Crippen MR) is 60.6 cm³/mol. The summed E-state index contributed by atoms with van der Waals surface area (Å²) in [6, 6.07) is 0. The Morgan fingerprint density at radius 3 is 2.31 bits per heavy atom. The monoisotopic (exact) mass is 249 g/mol. The van der Waals surface area contributed by atoms with Crippen LogP contribution in [0.4, 0.5) is 0 Å². The molecule has 6 heteroatoms. The first kappa shape index (κ1) is 13.4. The summed E-state index contributed by atoms with van der Waals surface area (Å²) in [7, 11) is -3.44. The maximum Gasteiger partial charge on any atom is 0.307 e. The minimum absolute atomic E-state index is 0.404. The van der Waals surface area contributed by atoms with Crippen LogP contribution in [-0.4, -0.2) is 42.1 Å². The minimum atomic E-state index is -3.44. The number of carboxylic acids is 1. The number of hydrogen-bond donors (Lipinski definition) is 1. The lowest BCUT2D eigenvalue weighted by atomic mass is 10.1. The summed E-state index contributed by atoms with van der Waals surface area (Å²) in [5.41, 5.74) is 0. The van der Waals surface area contributed by atoms with Gasteiger partial charge in [0.2, 0.25) is 10.0 Å². The van der Waals surface area contributed by atoms with E-state index in [9.17, 15) is 13.2 Å². The molecule has 0 aromatic rings. The van der Waals surface area contributed by atoms with E-state index in [4.69, 9.17) is 5.11 Å². The number of sulfonamides is 1. The van der Waals surface area contributed by atoms with Crippen molar-refractivity contribution in [3.05, 3.63) is 0 Å². The summed E-state index contributed by atoms with van der Waals surface area (Å²) in [4.78, 5) is 11.0. The van der Waals surface area contributed by atoms with Crippen LogP contribution in [0.5, 0.6) is 0 Å². The van der Waals surface area contributed by atoms with Gasteiger partial charge in [0.25, 0.3) is 0 Å². The molecule has 0 aliphatic heterocycles. The van der Waals surface area contributed by atoms with Crippen LogP contribution < -0.4 is 0 Å². The van der Waals surface area contributed by atoms with Gasteiger partial charge in [-0.2, -0.15) is 0 Å². The largest absolute Gasteiger partial charge is 0.481 e. The van der Waals surface area contributed by atoms with E-state index in [1.807, 2.05) is 0 Å². The lowest BCUT2D eigenvalue weighted by Gasteiger charge is -2.25. The van der Waals surface area contributed by atoms with Crippen molar-refractivity contribution in [2.75, 3.05) is 13.1 Å². The number of hydrogen-bond acceptors (Lipinski definition) is 3. The van der Waals surface area contributed by atoms with Gasteiger partial charge < -0.3 is 5.11 Å². The fraction of sp³-hybridized carbons (Fsp3) is 0.900. The maximum absolute atomic E-state index is 12.2. The second-order valence-corrected chi connectivity index (χ2v) is 6.20. The summed E-state index contributed by atoms with van der Waals surface area (Å²) in [6.07, 6.45) is 1.62. The molecule has 1 N–H and O–H groups in total. The Hall–Kier alpha value is -0.620. The molecule has 2 unspecified atom stereocenters. The molecule has 0 aromatic heterocycles. The standard InChI is InChI=1S/C10H19NO4S/c1-3-11(4-2)16(14,15)9-7-5-6-8(9)10(12)13/h8-9H,3-7H2,1-2H3,(H,12,13). The van der Waals surface area contributed by atoms with Gasteiger partial charge in [-0.3, -0.25) is 4.79 Å². The van der Waals surface area contributed by atoms with Crippen LogP contribution in [0.15, 0.2) is 0 Å². The summed E-state index contributed by atoms with van der Waals surface area (Å²) >= 11 is 0. The van der Waals surface area contributed by atoms with Crippen molar-refractivity contribution in [1.29, 1.82) is 0 Å². The molecule has 0 amide bonds. The van der Waals surface area contributed by atoms with Gasteiger partial charge in [0, 0.05) is 13.1 Å². The Morgan fingerprint density at radius 2 is 1.88 bits per heavy atom. The molecule has 5 nitrogen and oxygen atoms in total. The first-order chi connectivity index (χ1) is 7.45. The van der Waals surface area contributed by atoms with Gasteiger partial charge in [-0.1, -0.05) is 20.3 Å². The molecule has 1 aliphatic carbocycles. The van der Waals surface area contributed by atoms with Crippen molar-refractivity contribution in [1.82, 2.24) is 4.31 Å². The SMILES string of the molecule is CCN(CC)S(=O)(=O)C1CCCC1C(=O)O. The second-order valence-electron chi connectivity index (χ2n) is 4.04. The molecule has 0 spiro atoms. The summed E-state index contributed by atoms with van der Waals surface area (Å²) < 4.78 is 25.7. The highest BCUT2D eigenvalue weighted by Crippen LogP contribution is 2.32. The van der Waals surface area contributed by atoms with Crippen LogP contribution in [0.1, 0.15) is 33.1 Å².